The van der Waals surface area contributed by atoms with Gasteiger partial charge in [-0.2, -0.15) is 0 Å². The summed E-state index contributed by atoms with van der Waals surface area (Å²) in [4.78, 5) is 34.6. The van der Waals surface area contributed by atoms with Crippen LogP contribution >= 0.6 is 11.6 Å². The van der Waals surface area contributed by atoms with Gasteiger partial charge in [-0.3, -0.25) is 14.9 Å². The molecule has 0 aliphatic heterocycles. The van der Waals surface area contributed by atoms with E-state index < -0.39 is 24.5 Å². The van der Waals surface area contributed by atoms with Crippen LogP contribution in [0.3, 0.4) is 0 Å². The highest BCUT2D eigenvalue weighted by molar-refractivity contribution is 6.30. The number of esters is 1. The van der Waals surface area contributed by atoms with Gasteiger partial charge in [0.25, 0.3) is 5.91 Å². The molecule has 0 saturated heterocycles. The maximum atomic E-state index is 11.8. The SMILES string of the molecule is COc1ccc(Cl)cc1CC(=O)OCC(=O)NC(=O)NC1CC1. The second-order valence-electron chi connectivity index (χ2n) is 5.09. The van der Waals surface area contributed by atoms with Crippen molar-refractivity contribution in [1.82, 2.24) is 10.6 Å². The summed E-state index contributed by atoms with van der Waals surface area (Å²) in [6.45, 7) is -0.528. The Morgan fingerprint density at radius 3 is 2.70 bits per heavy atom. The van der Waals surface area contributed by atoms with E-state index in [2.05, 4.69) is 10.6 Å². The third-order valence-electron chi connectivity index (χ3n) is 3.11. The number of benzene rings is 1. The molecule has 1 aromatic rings. The van der Waals surface area contributed by atoms with Crippen LogP contribution in [0.15, 0.2) is 18.2 Å². The highest BCUT2D eigenvalue weighted by Crippen LogP contribution is 2.23. The largest absolute Gasteiger partial charge is 0.496 e. The number of ether oxygens (including phenoxy) is 2. The topological polar surface area (TPSA) is 93.7 Å². The van der Waals surface area contributed by atoms with E-state index in [0.717, 1.165) is 12.8 Å². The van der Waals surface area contributed by atoms with Crippen LogP contribution in [0.25, 0.3) is 0 Å². The van der Waals surface area contributed by atoms with Gasteiger partial charge in [-0.25, -0.2) is 4.79 Å². The molecule has 0 spiro atoms. The molecule has 1 saturated carbocycles. The number of amides is 3. The average Bonchev–Trinajstić information content (AvgIpc) is 3.29. The van der Waals surface area contributed by atoms with E-state index in [9.17, 15) is 14.4 Å². The fourth-order valence-corrected chi connectivity index (χ4v) is 2.04. The minimum Gasteiger partial charge on any atom is -0.496 e. The maximum absolute atomic E-state index is 11.8. The van der Waals surface area contributed by atoms with Crippen LogP contribution in [0.5, 0.6) is 5.75 Å². The van der Waals surface area contributed by atoms with E-state index in [-0.39, 0.29) is 12.5 Å². The molecule has 124 valence electrons. The lowest BCUT2D eigenvalue weighted by molar-refractivity contribution is -0.147. The van der Waals surface area contributed by atoms with Gasteiger partial charge in [0.2, 0.25) is 0 Å². The molecule has 1 aromatic carbocycles. The van der Waals surface area contributed by atoms with Crippen molar-refractivity contribution in [3.8, 4) is 5.75 Å². The lowest BCUT2D eigenvalue weighted by atomic mass is 10.1. The fourth-order valence-electron chi connectivity index (χ4n) is 1.85. The van der Waals surface area contributed by atoms with E-state index in [1.54, 1.807) is 18.2 Å². The first-order valence-electron chi connectivity index (χ1n) is 7.06. The zero-order valence-electron chi connectivity index (χ0n) is 12.6. The molecule has 8 heteroatoms. The average molecular weight is 341 g/mol. The van der Waals surface area contributed by atoms with Gasteiger partial charge >= 0.3 is 12.0 Å². The zero-order valence-corrected chi connectivity index (χ0v) is 13.3. The van der Waals surface area contributed by atoms with Crippen LogP contribution < -0.4 is 15.4 Å². The van der Waals surface area contributed by atoms with Gasteiger partial charge in [0.1, 0.15) is 5.75 Å². The number of nitrogens with one attached hydrogen (secondary N) is 2. The van der Waals surface area contributed by atoms with Gasteiger partial charge in [-0.1, -0.05) is 11.6 Å². The first kappa shape index (κ1) is 17.1. The highest BCUT2D eigenvalue weighted by Gasteiger charge is 2.24. The van der Waals surface area contributed by atoms with Gasteiger partial charge < -0.3 is 14.8 Å². The monoisotopic (exact) mass is 340 g/mol. The zero-order chi connectivity index (χ0) is 16.8. The molecule has 0 bridgehead atoms. The van der Waals surface area contributed by atoms with Crippen molar-refractivity contribution in [1.29, 1.82) is 0 Å². The summed E-state index contributed by atoms with van der Waals surface area (Å²) in [5, 5.41) is 5.14. The minimum absolute atomic E-state index is 0.0920. The molecule has 3 amide bonds. The molecule has 0 unspecified atom stereocenters. The molecule has 0 aromatic heterocycles. The summed E-state index contributed by atoms with van der Waals surface area (Å²) in [6.07, 6.45) is 1.74. The first-order valence-corrected chi connectivity index (χ1v) is 7.44. The minimum atomic E-state index is -0.686. The number of hydrogen-bond acceptors (Lipinski definition) is 5. The van der Waals surface area contributed by atoms with Crippen molar-refractivity contribution in [2.24, 2.45) is 0 Å². The van der Waals surface area contributed by atoms with E-state index in [0.29, 0.717) is 16.3 Å². The molecular weight excluding hydrogens is 324 g/mol. The summed E-state index contributed by atoms with van der Waals surface area (Å²) < 4.78 is 9.96. The molecule has 7 nitrogen and oxygen atoms in total. The second-order valence-corrected chi connectivity index (χ2v) is 5.53. The molecule has 1 fully saturated rings. The smallest absolute Gasteiger partial charge is 0.321 e. The quantitative estimate of drug-likeness (QED) is 0.764. The van der Waals surface area contributed by atoms with Crippen molar-refractivity contribution in [2.75, 3.05) is 13.7 Å². The van der Waals surface area contributed by atoms with Crippen LogP contribution in [0.1, 0.15) is 18.4 Å². The Bertz CT molecular complexity index is 616. The summed E-state index contributed by atoms with van der Waals surface area (Å²) in [6, 6.07) is 4.43. The Hall–Kier alpha value is -2.28. The Labute approximate surface area is 138 Å². The van der Waals surface area contributed by atoms with E-state index >= 15 is 0 Å². The predicted molar refractivity (Wildman–Crippen MR) is 82.4 cm³/mol. The normalized spacial score (nSPS) is 13.1. The molecule has 0 atom stereocenters. The Kier molecular flexibility index (Phi) is 5.81. The number of rotatable bonds is 6. The number of carbonyl (C=O) groups is 3. The third-order valence-corrected chi connectivity index (χ3v) is 3.34. The van der Waals surface area contributed by atoms with Gasteiger partial charge in [-0.15, -0.1) is 0 Å². The van der Waals surface area contributed by atoms with Gasteiger partial charge in [-0.05, 0) is 31.0 Å². The number of carbonyl (C=O) groups excluding carboxylic acids is 3. The third kappa shape index (κ3) is 5.78. The second kappa shape index (κ2) is 7.82. The lowest BCUT2D eigenvalue weighted by Gasteiger charge is -2.09. The first-order chi connectivity index (χ1) is 11.0. The molecule has 0 heterocycles. The van der Waals surface area contributed by atoms with Crippen molar-refractivity contribution in [2.45, 2.75) is 25.3 Å². The fraction of sp³-hybridized carbons (Fsp3) is 0.400. The Morgan fingerprint density at radius 1 is 1.30 bits per heavy atom. The molecule has 0 radical (unpaired) electrons. The van der Waals surface area contributed by atoms with Gasteiger partial charge in [0, 0.05) is 16.6 Å². The molecular formula is C15H17ClN2O5. The van der Waals surface area contributed by atoms with Gasteiger partial charge in [0.15, 0.2) is 6.61 Å². The standard InChI is InChI=1S/C15H17ClN2O5/c1-22-12-5-2-10(16)6-9(12)7-14(20)23-8-13(19)18-15(21)17-11-3-4-11/h2,5-6,11H,3-4,7-8H2,1H3,(H2,17,18,19,21). The van der Waals surface area contributed by atoms with Crippen LogP contribution in [-0.4, -0.2) is 37.7 Å². The molecule has 2 N–H and O–H groups in total. The maximum Gasteiger partial charge on any atom is 0.321 e. The Balaban J connectivity index is 1.77. The highest BCUT2D eigenvalue weighted by atomic mass is 35.5. The number of imide groups is 1. The van der Waals surface area contributed by atoms with Crippen molar-refractivity contribution in [3.63, 3.8) is 0 Å². The lowest BCUT2D eigenvalue weighted by Crippen LogP contribution is -2.42. The molecule has 23 heavy (non-hydrogen) atoms. The van der Waals surface area contributed by atoms with Crippen molar-refractivity contribution < 1.29 is 23.9 Å². The van der Waals surface area contributed by atoms with Crippen molar-refractivity contribution in [3.05, 3.63) is 28.8 Å². The summed E-state index contributed by atoms with van der Waals surface area (Å²) >= 11 is 5.87. The van der Waals surface area contributed by atoms with Crippen molar-refractivity contribution >= 4 is 29.5 Å². The van der Waals surface area contributed by atoms with Gasteiger partial charge in [0.05, 0.1) is 13.5 Å². The summed E-state index contributed by atoms with van der Waals surface area (Å²) in [5.74, 6) is -0.808. The summed E-state index contributed by atoms with van der Waals surface area (Å²) in [5.41, 5.74) is 0.553. The van der Waals surface area contributed by atoms with Crippen LogP contribution in [0, 0.1) is 0 Å². The Morgan fingerprint density at radius 2 is 2.04 bits per heavy atom. The number of halogens is 1. The molecule has 1 aliphatic carbocycles. The van der Waals surface area contributed by atoms with Crippen LogP contribution in [0.4, 0.5) is 4.79 Å². The number of methoxy groups -OCH3 is 1. The number of urea groups is 1. The molecule has 2 rings (SSSR count). The summed E-state index contributed by atoms with van der Waals surface area (Å²) in [7, 11) is 1.48. The van der Waals surface area contributed by atoms with Crippen LogP contribution in [-0.2, 0) is 20.7 Å². The van der Waals surface area contributed by atoms with Crippen LogP contribution in [0.2, 0.25) is 5.02 Å². The van der Waals surface area contributed by atoms with E-state index in [1.807, 2.05) is 0 Å². The molecule has 1 aliphatic rings. The van der Waals surface area contributed by atoms with E-state index in [1.165, 1.54) is 7.11 Å². The number of hydrogen-bond donors (Lipinski definition) is 2. The predicted octanol–water partition coefficient (Wildman–Crippen LogP) is 1.42. The van der Waals surface area contributed by atoms with E-state index in [4.69, 9.17) is 21.1 Å².